The molecule has 0 saturated heterocycles. The van der Waals surface area contributed by atoms with Gasteiger partial charge in [0.1, 0.15) is 5.82 Å². The number of hydrogen-bond acceptors (Lipinski definition) is 4. The van der Waals surface area contributed by atoms with Crippen LogP contribution < -0.4 is 0 Å². The van der Waals surface area contributed by atoms with Gasteiger partial charge in [-0.2, -0.15) is 0 Å². The van der Waals surface area contributed by atoms with Gasteiger partial charge in [-0.15, -0.1) is 0 Å². The van der Waals surface area contributed by atoms with Crippen LogP contribution in [0.2, 0.25) is 0 Å². The minimum absolute atomic E-state index is 0.245. The average Bonchev–Trinajstić information content (AvgIpc) is 2.48. The summed E-state index contributed by atoms with van der Waals surface area (Å²) >= 11 is 1.22. The van der Waals surface area contributed by atoms with E-state index in [1.807, 2.05) is 0 Å². The van der Waals surface area contributed by atoms with Gasteiger partial charge in [-0.25, -0.2) is 9.18 Å². The minimum Gasteiger partial charge on any atom is -0.465 e. The Morgan fingerprint density at radius 1 is 1.20 bits per heavy atom. The first-order valence-electron chi connectivity index (χ1n) is 5.75. The molecule has 0 aliphatic rings. The molecule has 5 heteroatoms. The first-order valence-corrected chi connectivity index (χ1v) is 6.57. The van der Waals surface area contributed by atoms with Crippen molar-refractivity contribution in [2.75, 3.05) is 7.11 Å². The van der Waals surface area contributed by atoms with E-state index in [2.05, 4.69) is 0 Å². The molecular formula is C15H11FO3S. The molecule has 0 amide bonds. The van der Waals surface area contributed by atoms with E-state index in [0.29, 0.717) is 21.6 Å². The van der Waals surface area contributed by atoms with Gasteiger partial charge in [-0.1, -0.05) is 23.9 Å². The van der Waals surface area contributed by atoms with Crippen molar-refractivity contribution in [2.24, 2.45) is 0 Å². The molecule has 0 saturated carbocycles. The van der Waals surface area contributed by atoms with Crippen LogP contribution >= 0.6 is 11.8 Å². The Labute approximate surface area is 119 Å². The van der Waals surface area contributed by atoms with E-state index in [4.69, 9.17) is 4.74 Å². The predicted octanol–water partition coefficient (Wildman–Crippen LogP) is 3.58. The fraction of sp³-hybridized carbons (Fsp3) is 0.0667. The van der Waals surface area contributed by atoms with Crippen molar-refractivity contribution in [2.45, 2.75) is 9.79 Å². The van der Waals surface area contributed by atoms with Crippen LogP contribution in [-0.2, 0) is 4.74 Å². The Bertz CT molecular complexity index is 655. The molecule has 2 aromatic carbocycles. The highest BCUT2D eigenvalue weighted by atomic mass is 32.2. The third kappa shape index (κ3) is 3.05. The van der Waals surface area contributed by atoms with Gasteiger partial charge in [0.05, 0.1) is 12.7 Å². The molecular weight excluding hydrogens is 279 g/mol. The molecule has 0 atom stereocenters. The summed E-state index contributed by atoms with van der Waals surface area (Å²) in [5.41, 5.74) is 0.649. The molecule has 0 aliphatic heterocycles. The molecule has 0 radical (unpaired) electrons. The fourth-order valence-electron chi connectivity index (χ4n) is 1.66. The van der Waals surface area contributed by atoms with E-state index in [0.717, 1.165) is 6.07 Å². The zero-order valence-corrected chi connectivity index (χ0v) is 11.4. The Morgan fingerprint density at radius 3 is 2.65 bits per heavy atom. The monoisotopic (exact) mass is 290 g/mol. The lowest BCUT2D eigenvalue weighted by Crippen LogP contribution is -2.02. The van der Waals surface area contributed by atoms with Crippen LogP contribution in [0.15, 0.2) is 52.3 Å². The summed E-state index contributed by atoms with van der Waals surface area (Å²) < 4.78 is 17.8. The van der Waals surface area contributed by atoms with E-state index in [1.54, 1.807) is 24.3 Å². The van der Waals surface area contributed by atoms with Gasteiger partial charge in [0.2, 0.25) is 0 Å². The van der Waals surface area contributed by atoms with Gasteiger partial charge in [-0.05, 0) is 30.3 Å². The first-order chi connectivity index (χ1) is 9.65. The van der Waals surface area contributed by atoms with Crippen LogP contribution in [0.1, 0.15) is 20.7 Å². The van der Waals surface area contributed by atoms with Crippen molar-refractivity contribution in [1.82, 2.24) is 0 Å². The van der Waals surface area contributed by atoms with Crippen molar-refractivity contribution < 1.29 is 18.7 Å². The second kappa shape index (κ2) is 6.34. The maximum absolute atomic E-state index is 13.1. The van der Waals surface area contributed by atoms with E-state index in [1.165, 1.54) is 31.0 Å². The Hall–Kier alpha value is -2.14. The first kappa shape index (κ1) is 14.3. The molecule has 0 fully saturated rings. The summed E-state index contributed by atoms with van der Waals surface area (Å²) in [6, 6.07) is 10.8. The lowest BCUT2D eigenvalue weighted by molar-refractivity contribution is 0.0596. The number of methoxy groups -OCH3 is 1. The molecule has 0 N–H and O–H groups in total. The number of ether oxygens (including phenoxy) is 1. The molecule has 0 bridgehead atoms. The van der Waals surface area contributed by atoms with Crippen LogP contribution in [0.3, 0.4) is 0 Å². The summed E-state index contributed by atoms with van der Waals surface area (Å²) in [5.74, 6) is -0.930. The van der Waals surface area contributed by atoms with Crippen LogP contribution in [0.4, 0.5) is 4.39 Å². The van der Waals surface area contributed by atoms with Crippen LogP contribution in [0, 0.1) is 5.82 Å². The van der Waals surface area contributed by atoms with E-state index in [-0.39, 0.29) is 5.56 Å². The summed E-state index contributed by atoms with van der Waals surface area (Å²) in [7, 11) is 1.30. The molecule has 2 aromatic rings. The second-order valence-electron chi connectivity index (χ2n) is 3.89. The lowest BCUT2D eigenvalue weighted by atomic mass is 10.2. The predicted molar refractivity (Wildman–Crippen MR) is 73.7 cm³/mol. The fourth-order valence-corrected chi connectivity index (χ4v) is 2.66. The summed E-state index contributed by atoms with van der Waals surface area (Å²) in [6.07, 6.45) is 0.589. The highest BCUT2D eigenvalue weighted by Gasteiger charge is 2.13. The second-order valence-corrected chi connectivity index (χ2v) is 4.97. The van der Waals surface area contributed by atoms with Crippen molar-refractivity contribution in [3.8, 4) is 0 Å². The Morgan fingerprint density at radius 2 is 1.95 bits per heavy atom. The van der Waals surface area contributed by atoms with Crippen LogP contribution in [0.25, 0.3) is 0 Å². The van der Waals surface area contributed by atoms with E-state index < -0.39 is 11.8 Å². The van der Waals surface area contributed by atoms with Gasteiger partial charge in [-0.3, -0.25) is 4.79 Å². The van der Waals surface area contributed by atoms with Crippen LogP contribution in [-0.4, -0.2) is 19.4 Å². The molecule has 2 rings (SSSR count). The van der Waals surface area contributed by atoms with Gasteiger partial charge in [0.15, 0.2) is 6.29 Å². The zero-order chi connectivity index (χ0) is 14.5. The number of carbonyl (C=O) groups is 2. The number of benzene rings is 2. The third-order valence-corrected chi connectivity index (χ3v) is 3.78. The van der Waals surface area contributed by atoms with E-state index >= 15 is 0 Å². The average molecular weight is 290 g/mol. The van der Waals surface area contributed by atoms with Gasteiger partial charge in [0, 0.05) is 15.4 Å². The SMILES string of the molecule is COC(=O)c1ccccc1Sc1ccc(F)cc1C=O. The highest BCUT2D eigenvalue weighted by molar-refractivity contribution is 7.99. The van der Waals surface area contributed by atoms with Gasteiger partial charge >= 0.3 is 5.97 Å². The molecule has 0 unspecified atom stereocenters. The van der Waals surface area contributed by atoms with Gasteiger partial charge < -0.3 is 4.74 Å². The summed E-state index contributed by atoms with van der Waals surface area (Å²) in [6.45, 7) is 0. The van der Waals surface area contributed by atoms with Crippen molar-refractivity contribution in [1.29, 1.82) is 0 Å². The van der Waals surface area contributed by atoms with Crippen molar-refractivity contribution >= 4 is 24.0 Å². The summed E-state index contributed by atoms with van der Waals surface area (Å²) in [5, 5.41) is 0. The molecule has 102 valence electrons. The van der Waals surface area contributed by atoms with Crippen molar-refractivity contribution in [3.63, 3.8) is 0 Å². The van der Waals surface area contributed by atoms with E-state index in [9.17, 15) is 14.0 Å². The molecule has 0 heterocycles. The Kier molecular flexibility index (Phi) is 4.53. The number of carbonyl (C=O) groups excluding carboxylic acids is 2. The molecule has 3 nitrogen and oxygen atoms in total. The summed E-state index contributed by atoms with van der Waals surface area (Å²) in [4.78, 5) is 23.9. The number of rotatable bonds is 4. The largest absolute Gasteiger partial charge is 0.465 e. The maximum atomic E-state index is 13.1. The number of hydrogen-bond donors (Lipinski definition) is 0. The third-order valence-electron chi connectivity index (χ3n) is 2.61. The smallest absolute Gasteiger partial charge is 0.339 e. The number of halogens is 1. The standard InChI is InChI=1S/C15H11FO3S/c1-19-15(18)12-4-2-3-5-14(12)20-13-7-6-11(16)8-10(13)9-17/h2-9H,1H3. The Balaban J connectivity index is 2.40. The zero-order valence-electron chi connectivity index (χ0n) is 10.6. The highest BCUT2D eigenvalue weighted by Crippen LogP contribution is 2.32. The van der Waals surface area contributed by atoms with Crippen molar-refractivity contribution in [3.05, 3.63) is 59.4 Å². The molecule has 20 heavy (non-hydrogen) atoms. The minimum atomic E-state index is -0.474. The molecule has 0 spiro atoms. The lowest BCUT2D eigenvalue weighted by Gasteiger charge is -2.08. The maximum Gasteiger partial charge on any atom is 0.339 e. The normalized spacial score (nSPS) is 10.1. The van der Waals surface area contributed by atoms with Crippen LogP contribution in [0.5, 0.6) is 0 Å². The molecule has 0 aliphatic carbocycles. The quantitative estimate of drug-likeness (QED) is 0.637. The van der Waals surface area contributed by atoms with Gasteiger partial charge in [0.25, 0.3) is 0 Å². The number of aldehydes is 1. The topological polar surface area (TPSA) is 43.4 Å². The molecule has 0 aromatic heterocycles. The number of esters is 1.